The van der Waals surface area contributed by atoms with Crippen molar-refractivity contribution in [3.05, 3.63) is 65.5 Å². The molecule has 1 aromatic heterocycles. The van der Waals surface area contributed by atoms with Crippen LogP contribution < -0.4 is 5.73 Å². The number of primary amides is 1. The fourth-order valence-electron chi connectivity index (χ4n) is 5.00. The van der Waals surface area contributed by atoms with E-state index in [1.54, 1.807) is 6.07 Å². The van der Waals surface area contributed by atoms with Crippen LogP contribution in [-0.4, -0.2) is 27.3 Å². The van der Waals surface area contributed by atoms with E-state index in [4.69, 9.17) is 10.7 Å². The number of para-hydroxylation sites is 1. The maximum atomic E-state index is 11.8. The van der Waals surface area contributed by atoms with Crippen molar-refractivity contribution in [1.29, 1.82) is 0 Å². The highest BCUT2D eigenvalue weighted by Gasteiger charge is 2.49. The van der Waals surface area contributed by atoms with Crippen molar-refractivity contribution in [2.24, 2.45) is 11.7 Å². The summed E-state index contributed by atoms with van der Waals surface area (Å²) < 4.78 is 0. The number of aromatic amines is 1. The third-order valence-corrected chi connectivity index (χ3v) is 6.45. The number of H-pyrrole nitrogens is 1. The Morgan fingerprint density at radius 3 is 2.67 bits per heavy atom. The van der Waals surface area contributed by atoms with Gasteiger partial charge in [-0.15, -0.1) is 0 Å². The van der Waals surface area contributed by atoms with Gasteiger partial charge in [-0.05, 0) is 49.3 Å². The molecule has 3 N–H and O–H groups in total. The average Bonchev–Trinajstić information content (AvgIpc) is 3.14. The molecule has 1 saturated carbocycles. The zero-order valence-electron chi connectivity index (χ0n) is 15.3. The van der Waals surface area contributed by atoms with Gasteiger partial charge in [0, 0.05) is 13.1 Å². The molecule has 0 spiro atoms. The van der Waals surface area contributed by atoms with Crippen molar-refractivity contribution in [1.82, 2.24) is 14.9 Å². The summed E-state index contributed by atoms with van der Waals surface area (Å²) in [6, 6.07) is 16.2. The average molecular weight is 360 g/mol. The van der Waals surface area contributed by atoms with Crippen LogP contribution in [0, 0.1) is 5.92 Å². The van der Waals surface area contributed by atoms with Gasteiger partial charge in [0.05, 0.1) is 16.6 Å². The first-order chi connectivity index (χ1) is 13.2. The molecule has 5 nitrogen and oxygen atoms in total. The quantitative estimate of drug-likeness (QED) is 0.747. The molecule has 2 aliphatic heterocycles. The summed E-state index contributed by atoms with van der Waals surface area (Å²) in [7, 11) is 0. The Hall–Kier alpha value is -2.66. The summed E-state index contributed by atoms with van der Waals surface area (Å²) in [4.78, 5) is 22.9. The van der Waals surface area contributed by atoms with Crippen molar-refractivity contribution >= 4 is 16.9 Å². The largest absolute Gasteiger partial charge is 0.366 e. The predicted octanol–water partition coefficient (Wildman–Crippen LogP) is 3.56. The fourth-order valence-corrected chi connectivity index (χ4v) is 5.00. The molecule has 0 unspecified atom stereocenters. The van der Waals surface area contributed by atoms with Crippen LogP contribution in [0.1, 0.15) is 47.4 Å². The second-order valence-electron chi connectivity index (χ2n) is 7.99. The fraction of sp³-hybridized carbons (Fsp3) is 0.364. The highest BCUT2D eigenvalue weighted by atomic mass is 16.1. The zero-order chi connectivity index (χ0) is 18.4. The minimum absolute atomic E-state index is 0.0848. The minimum atomic E-state index is -0.426. The lowest BCUT2D eigenvalue weighted by atomic mass is 9.70. The van der Waals surface area contributed by atoms with Crippen LogP contribution in [0.3, 0.4) is 0 Å². The highest BCUT2D eigenvalue weighted by Crippen LogP contribution is 2.49. The van der Waals surface area contributed by atoms with Crippen LogP contribution in [0.4, 0.5) is 0 Å². The molecule has 3 aliphatic rings. The third-order valence-electron chi connectivity index (χ3n) is 6.45. The van der Waals surface area contributed by atoms with Gasteiger partial charge in [-0.1, -0.05) is 36.4 Å². The molecular weight excluding hydrogens is 336 g/mol. The van der Waals surface area contributed by atoms with Gasteiger partial charge in [0.15, 0.2) is 0 Å². The van der Waals surface area contributed by atoms with Crippen molar-refractivity contribution in [2.75, 3.05) is 6.54 Å². The Balaban J connectivity index is 1.59. The number of nitrogens with two attached hydrogens (primary N) is 1. The lowest BCUT2D eigenvalue weighted by Crippen LogP contribution is -2.56. The van der Waals surface area contributed by atoms with Crippen LogP contribution in [0.5, 0.6) is 0 Å². The SMILES string of the molecule is NC(=O)c1cccc2[nH]c(C34CCC(CC3)CN4Cc3ccccc3)nc12. The van der Waals surface area contributed by atoms with E-state index in [0.29, 0.717) is 11.1 Å². The first-order valence-electron chi connectivity index (χ1n) is 9.74. The maximum absolute atomic E-state index is 11.8. The van der Waals surface area contributed by atoms with Gasteiger partial charge in [0.1, 0.15) is 11.3 Å². The van der Waals surface area contributed by atoms with Crippen LogP contribution in [0.2, 0.25) is 0 Å². The molecule has 1 amide bonds. The Kier molecular flexibility index (Phi) is 3.79. The van der Waals surface area contributed by atoms with E-state index in [2.05, 4.69) is 40.2 Å². The number of imidazole rings is 1. The molecular formula is C22H24N4O. The number of nitrogens with one attached hydrogen (secondary N) is 1. The van der Waals surface area contributed by atoms with E-state index in [1.165, 1.54) is 18.4 Å². The van der Waals surface area contributed by atoms with Crippen LogP contribution >= 0.6 is 0 Å². The van der Waals surface area contributed by atoms with Crippen molar-refractivity contribution in [3.63, 3.8) is 0 Å². The first-order valence-corrected chi connectivity index (χ1v) is 9.74. The second kappa shape index (κ2) is 6.20. The van der Waals surface area contributed by atoms with E-state index in [9.17, 15) is 4.79 Å². The van der Waals surface area contributed by atoms with Crippen molar-refractivity contribution in [3.8, 4) is 0 Å². The summed E-state index contributed by atoms with van der Waals surface area (Å²) in [5.74, 6) is 1.34. The molecule has 2 bridgehead atoms. The van der Waals surface area contributed by atoms with Crippen LogP contribution in [-0.2, 0) is 12.1 Å². The lowest BCUT2D eigenvalue weighted by Gasteiger charge is -2.53. The Bertz CT molecular complexity index is 986. The number of carbonyl (C=O) groups excluding carboxylic acids is 1. The van der Waals surface area contributed by atoms with Gasteiger partial charge >= 0.3 is 0 Å². The summed E-state index contributed by atoms with van der Waals surface area (Å²) in [5.41, 5.74) is 8.89. The van der Waals surface area contributed by atoms with E-state index in [1.807, 2.05) is 12.1 Å². The standard InChI is InChI=1S/C22H24N4O/c23-20(27)17-7-4-8-18-19(17)25-21(24-18)22-11-9-16(10-12-22)14-26(22)13-15-5-2-1-3-6-15/h1-8,16H,9-14H2,(H2,23,27)(H,24,25). The molecule has 6 rings (SSSR count). The van der Waals surface area contributed by atoms with Gasteiger partial charge in [0.25, 0.3) is 5.91 Å². The summed E-state index contributed by atoms with van der Waals surface area (Å²) >= 11 is 0. The lowest BCUT2D eigenvalue weighted by molar-refractivity contribution is -0.0502. The number of carbonyl (C=O) groups is 1. The topological polar surface area (TPSA) is 75.0 Å². The van der Waals surface area contributed by atoms with Gasteiger partial charge in [-0.2, -0.15) is 0 Å². The molecule has 138 valence electrons. The number of aromatic nitrogens is 2. The number of hydrogen-bond acceptors (Lipinski definition) is 3. The molecule has 0 radical (unpaired) electrons. The van der Waals surface area contributed by atoms with Crippen LogP contribution in [0.15, 0.2) is 48.5 Å². The van der Waals surface area contributed by atoms with E-state index >= 15 is 0 Å². The number of amides is 1. The summed E-state index contributed by atoms with van der Waals surface area (Å²) in [6.07, 6.45) is 4.70. The molecule has 2 aromatic carbocycles. The van der Waals surface area contributed by atoms with E-state index in [-0.39, 0.29) is 5.54 Å². The van der Waals surface area contributed by atoms with Crippen molar-refractivity contribution < 1.29 is 4.79 Å². The zero-order valence-corrected chi connectivity index (χ0v) is 15.3. The number of rotatable bonds is 4. The molecule has 2 saturated heterocycles. The van der Waals surface area contributed by atoms with Gasteiger partial charge < -0.3 is 10.7 Å². The Labute approximate surface area is 158 Å². The molecule has 1 aliphatic carbocycles. The molecule has 3 fully saturated rings. The normalized spacial score (nSPS) is 25.1. The van der Waals surface area contributed by atoms with E-state index < -0.39 is 5.91 Å². The Morgan fingerprint density at radius 2 is 1.93 bits per heavy atom. The first kappa shape index (κ1) is 16.5. The summed E-state index contributed by atoms with van der Waals surface area (Å²) in [5, 5.41) is 0. The molecule has 5 heteroatoms. The number of fused-ring (bicyclic) bond motifs is 4. The Morgan fingerprint density at radius 1 is 1.15 bits per heavy atom. The third kappa shape index (κ3) is 2.65. The second-order valence-corrected chi connectivity index (χ2v) is 7.99. The van der Waals surface area contributed by atoms with Crippen LogP contribution in [0.25, 0.3) is 11.0 Å². The molecule has 3 heterocycles. The number of hydrogen-bond donors (Lipinski definition) is 2. The van der Waals surface area contributed by atoms with Gasteiger partial charge in [-0.3, -0.25) is 9.69 Å². The number of nitrogens with zero attached hydrogens (tertiary/aromatic N) is 2. The van der Waals surface area contributed by atoms with Gasteiger partial charge in [-0.25, -0.2) is 4.98 Å². The molecule has 27 heavy (non-hydrogen) atoms. The summed E-state index contributed by atoms with van der Waals surface area (Å²) in [6.45, 7) is 2.03. The highest BCUT2D eigenvalue weighted by molar-refractivity contribution is 6.04. The maximum Gasteiger partial charge on any atom is 0.250 e. The van der Waals surface area contributed by atoms with Gasteiger partial charge in [0.2, 0.25) is 0 Å². The predicted molar refractivity (Wildman–Crippen MR) is 105 cm³/mol. The minimum Gasteiger partial charge on any atom is -0.366 e. The monoisotopic (exact) mass is 360 g/mol. The van der Waals surface area contributed by atoms with E-state index in [0.717, 1.165) is 43.2 Å². The number of piperidine rings is 2. The van der Waals surface area contributed by atoms with Crippen molar-refractivity contribution in [2.45, 2.75) is 37.8 Å². The molecule has 0 atom stereocenters. The number of benzene rings is 2. The molecule has 3 aromatic rings. The smallest absolute Gasteiger partial charge is 0.250 e.